The Hall–Kier alpha value is -3.16. The van der Waals surface area contributed by atoms with Crippen LogP contribution in [0, 0.1) is 5.41 Å². The van der Waals surface area contributed by atoms with Crippen molar-refractivity contribution in [1.29, 1.82) is 0 Å². The number of ether oxygens (including phenoxy) is 3. The van der Waals surface area contributed by atoms with Crippen LogP contribution in [0.2, 0.25) is 0 Å². The SMILES string of the molecule is CCOC(=O)N1CCC23C=C(OC)C(=O)C=C2C1CC1=C3C(=O)C(OC)=CC1=O. The van der Waals surface area contributed by atoms with Crippen LogP contribution >= 0.6 is 0 Å². The van der Waals surface area contributed by atoms with Gasteiger partial charge in [0.05, 0.1) is 26.9 Å². The first-order chi connectivity index (χ1) is 13.9. The molecule has 0 saturated carbocycles. The predicted octanol–water partition coefficient (Wildman–Crippen LogP) is 1.63. The fraction of sp³-hybridized carbons (Fsp3) is 0.429. The smallest absolute Gasteiger partial charge is 0.410 e. The lowest BCUT2D eigenvalue weighted by Crippen LogP contribution is -2.57. The lowest BCUT2D eigenvalue weighted by atomic mass is 9.56. The number of rotatable bonds is 3. The molecule has 2 bridgehead atoms. The highest BCUT2D eigenvalue weighted by Gasteiger charge is 2.57. The summed E-state index contributed by atoms with van der Waals surface area (Å²) in [4.78, 5) is 52.6. The molecule has 1 amide bonds. The molecule has 1 aliphatic heterocycles. The van der Waals surface area contributed by atoms with Gasteiger partial charge in [0, 0.05) is 35.6 Å². The number of hydrogen-bond donors (Lipinski definition) is 0. The van der Waals surface area contributed by atoms with Gasteiger partial charge in [-0.1, -0.05) is 0 Å². The third kappa shape index (κ3) is 2.58. The number of amides is 1. The van der Waals surface area contributed by atoms with E-state index in [4.69, 9.17) is 14.2 Å². The van der Waals surface area contributed by atoms with E-state index >= 15 is 0 Å². The highest BCUT2D eigenvalue weighted by atomic mass is 16.6. The second kappa shape index (κ2) is 6.72. The fourth-order valence-electron chi connectivity index (χ4n) is 4.77. The summed E-state index contributed by atoms with van der Waals surface area (Å²) in [7, 11) is 2.73. The predicted molar refractivity (Wildman–Crippen MR) is 99.5 cm³/mol. The first-order valence-electron chi connectivity index (χ1n) is 9.43. The van der Waals surface area contributed by atoms with Gasteiger partial charge in [0.25, 0.3) is 0 Å². The summed E-state index contributed by atoms with van der Waals surface area (Å²) in [6.07, 6.45) is 4.20. The molecule has 0 N–H and O–H groups in total. The molecule has 3 aliphatic carbocycles. The van der Waals surface area contributed by atoms with Crippen LogP contribution in [0.5, 0.6) is 0 Å². The minimum absolute atomic E-state index is 0.0296. The summed E-state index contributed by atoms with van der Waals surface area (Å²) in [6, 6.07) is -0.547. The molecule has 8 heteroatoms. The van der Waals surface area contributed by atoms with Gasteiger partial charge in [-0.3, -0.25) is 14.4 Å². The van der Waals surface area contributed by atoms with Crippen molar-refractivity contribution in [2.75, 3.05) is 27.4 Å². The molecule has 0 radical (unpaired) electrons. The Morgan fingerprint density at radius 3 is 2.52 bits per heavy atom. The van der Waals surface area contributed by atoms with Gasteiger partial charge in [0.2, 0.25) is 11.6 Å². The molecule has 0 aromatic heterocycles. The van der Waals surface area contributed by atoms with Crippen molar-refractivity contribution < 1.29 is 33.4 Å². The Bertz CT molecular complexity index is 968. The zero-order valence-corrected chi connectivity index (χ0v) is 16.4. The highest BCUT2D eigenvalue weighted by molar-refractivity contribution is 6.24. The molecule has 29 heavy (non-hydrogen) atoms. The van der Waals surface area contributed by atoms with Gasteiger partial charge in [0.1, 0.15) is 0 Å². The van der Waals surface area contributed by atoms with E-state index in [0.29, 0.717) is 29.7 Å². The van der Waals surface area contributed by atoms with Crippen LogP contribution in [-0.4, -0.2) is 61.8 Å². The quantitative estimate of drug-likeness (QED) is 0.665. The van der Waals surface area contributed by atoms with Crippen LogP contribution in [0.15, 0.2) is 46.5 Å². The maximum atomic E-state index is 13.2. The third-order valence-corrected chi connectivity index (χ3v) is 6.00. The zero-order valence-electron chi connectivity index (χ0n) is 16.4. The molecule has 0 aromatic rings. The van der Waals surface area contributed by atoms with Crippen LogP contribution in [0.1, 0.15) is 19.8 Å². The van der Waals surface area contributed by atoms with Gasteiger partial charge in [0.15, 0.2) is 17.3 Å². The number of allylic oxidation sites excluding steroid dienone is 4. The molecular weight excluding hydrogens is 378 g/mol. The van der Waals surface area contributed by atoms with E-state index in [0.717, 1.165) is 0 Å². The highest BCUT2D eigenvalue weighted by Crippen LogP contribution is 2.56. The molecule has 2 unspecified atom stereocenters. The molecule has 4 aliphatic rings. The number of Topliss-reactive ketones (excluding diaryl/α,β-unsaturated/α-hetero) is 1. The molecule has 2 atom stereocenters. The number of carbonyl (C=O) groups is 4. The average Bonchev–Trinajstić information content (AvgIpc) is 2.69. The van der Waals surface area contributed by atoms with Crippen molar-refractivity contribution in [3.8, 4) is 0 Å². The van der Waals surface area contributed by atoms with Gasteiger partial charge in [-0.05, 0) is 31.1 Å². The Labute approximate surface area is 167 Å². The van der Waals surface area contributed by atoms with Crippen LogP contribution < -0.4 is 0 Å². The topological polar surface area (TPSA) is 99.2 Å². The minimum atomic E-state index is -0.995. The summed E-state index contributed by atoms with van der Waals surface area (Å²) in [5.74, 6) is -0.959. The lowest BCUT2D eigenvalue weighted by Gasteiger charge is -2.53. The molecule has 0 aromatic carbocycles. The second-order valence-electron chi connectivity index (χ2n) is 7.27. The maximum Gasteiger partial charge on any atom is 0.410 e. The summed E-state index contributed by atoms with van der Waals surface area (Å²) in [5.41, 5.74) is 0.272. The van der Waals surface area contributed by atoms with Gasteiger partial charge < -0.3 is 19.1 Å². The number of ketones is 3. The monoisotopic (exact) mass is 399 g/mol. The van der Waals surface area contributed by atoms with Crippen molar-refractivity contribution in [2.45, 2.75) is 25.8 Å². The van der Waals surface area contributed by atoms with Crippen molar-refractivity contribution in [2.24, 2.45) is 5.41 Å². The Morgan fingerprint density at radius 1 is 1.14 bits per heavy atom. The second-order valence-corrected chi connectivity index (χ2v) is 7.27. The molecule has 8 nitrogen and oxygen atoms in total. The number of hydrogen-bond acceptors (Lipinski definition) is 7. The van der Waals surface area contributed by atoms with Crippen molar-refractivity contribution in [3.05, 3.63) is 46.5 Å². The van der Waals surface area contributed by atoms with E-state index in [1.54, 1.807) is 13.0 Å². The summed E-state index contributed by atoms with van der Waals surface area (Å²) in [5, 5.41) is 0. The fourth-order valence-corrected chi connectivity index (χ4v) is 4.77. The van der Waals surface area contributed by atoms with E-state index in [1.165, 1.54) is 31.3 Å². The lowest BCUT2D eigenvalue weighted by molar-refractivity contribution is -0.120. The normalized spacial score (nSPS) is 28.1. The number of piperidine rings is 1. The number of carbonyl (C=O) groups excluding carboxylic acids is 4. The molecule has 1 saturated heterocycles. The van der Waals surface area contributed by atoms with E-state index < -0.39 is 17.6 Å². The Balaban J connectivity index is 1.93. The maximum absolute atomic E-state index is 13.2. The van der Waals surface area contributed by atoms with Crippen LogP contribution in [0.3, 0.4) is 0 Å². The minimum Gasteiger partial charge on any atom is -0.493 e. The van der Waals surface area contributed by atoms with E-state index in [1.807, 2.05) is 0 Å². The number of likely N-dealkylation sites (tertiary alicyclic amines) is 1. The summed E-state index contributed by atoms with van der Waals surface area (Å²) >= 11 is 0. The Morgan fingerprint density at radius 2 is 1.86 bits per heavy atom. The van der Waals surface area contributed by atoms with Gasteiger partial charge in [-0.2, -0.15) is 0 Å². The first kappa shape index (κ1) is 19.2. The number of methoxy groups -OCH3 is 2. The van der Waals surface area contributed by atoms with Gasteiger partial charge in [-0.15, -0.1) is 0 Å². The van der Waals surface area contributed by atoms with Crippen LogP contribution in [0.4, 0.5) is 4.79 Å². The molecular formula is C21H21NO7. The molecule has 152 valence electrons. The van der Waals surface area contributed by atoms with Crippen molar-refractivity contribution in [3.63, 3.8) is 0 Å². The number of nitrogens with zero attached hydrogens (tertiary/aromatic N) is 1. The molecule has 4 rings (SSSR count). The molecule has 1 heterocycles. The standard InChI is InChI=1S/C21H21NO7/c1-4-29-20(26)22-6-5-21-10-17(28-3)15(24)8-12(21)13(22)7-11-14(23)9-16(27-2)19(25)18(11)21/h8-10,13H,4-7H2,1-3H3. The van der Waals surface area contributed by atoms with E-state index in [9.17, 15) is 19.2 Å². The van der Waals surface area contributed by atoms with Gasteiger partial charge in [-0.25, -0.2) is 4.79 Å². The molecule has 0 spiro atoms. The van der Waals surface area contributed by atoms with E-state index in [2.05, 4.69) is 0 Å². The van der Waals surface area contributed by atoms with Crippen LogP contribution in [-0.2, 0) is 28.6 Å². The summed E-state index contributed by atoms with van der Waals surface area (Å²) < 4.78 is 15.6. The van der Waals surface area contributed by atoms with E-state index in [-0.39, 0.29) is 41.9 Å². The Kier molecular flexibility index (Phi) is 4.44. The van der Waals surface area contributed by atoms with Gasteiger partial charge >= 0.3 is 6.09 Å². The summed E-state index contributed by atoms with van der Waals surface area (Å²) in [6.45, 7) is 2.24. The van der Waals surface area contributed by atoms with Crippen LogP contribution in [0.25, 0.3) is 0 Å². The molecule has 1 fully saturated rings. The first-order valence-corrected chi connectivity index (χ1v) is 9.43. The van der Waals surface area contributed by atoms with Crippen molar-refractivity contribution >= 4 is 23.4 Å². The largest absolute Gasteiger partial charge is 0.493 e. The zero-order chi connectivity index (χ0) is 20.9. The third-order valence-electron chi connectivity index (χ3n) is 6.00. The van der Waals surface area contributed by atoms with Crippen molar-refractivity contribution in [1.82, 2.24) is 4.90 Å². The average molecular weight is 399 g/mol.